The van der Waals surface area contributed by atoms with Gasteiger partial charge in [0.15, 0.2) is 0 Å². The maximum Gasteiger partial charge on any atom is 0.332 e. The zero-order valence-corrected chi connectivity index (χ0v) is 8.68. The molecule has 0 radical (unpaired) electrons. The second kappa shape index (κ2) is 5.26. The molecule has 4 heteroatoms. The van der Waals surface area contributed by atoms with E-state index in [4.69, 9.17) is 5.11 Å². The minimum absolute atomic E-state index is 0.201. The van der Waals surface area contributed by atoms with Crippen molar-refractivity contribution >= 4 is 5.97 Å². The van der Waals surface area contributed by atoms with Gasteiger partial charge in [0.1, 0.15) is 0 Å². The molecule has 0 spiro atoms. The summed E-state index contributed by atoms with van der Waals surface area (Å²) < 4.78 is 0. The van der Waals surface area contributed by atoms with Crippen molar-refractivity contribution in [2.45, 2.75) is 6.54 Å². The van der Waals surface area contributed by atoms with Gasteiger partial charge >= 0.3 is 5.97 Å². The molecule has 0 aliphatic rings. The lowest BCUT2D eigenvalue weighted by Crippen LogP contribution is -2.23. The highest BCUT2D eigenvalue weighted by molar-refractivity contribution is 5.86. The minimum Gasteiger partial charge on any atom is -0.478 e. The highest BCUT2D eigenvalue weighted by atomic mass is 16.4. The summed E-state index contributed by atoms with van der Waals surface area (Å²) in [5, 5.41) is 8.66. The molecule has 0 aromatic carbocycles. The molecule has 0 saturated carbocycles. The average molecular weight is 206 g/mol. The van der Waals surface area contributed by atoms with Crippen molar-refractivity contribution in [3.8, 4) is 0 Å². The summed E-state index contributed by atoms with van der Waals surface area (Å²) in [5.41, 5.74) is 1.30. The Hall–Kier alpha value is -1.68. The largest absolute Gasteiger partial charge is 0.478 e. The summed E-state index contributed by atoms with van der Waals surface area (Å²) in [6.45, 7) is 4.53. The van der Waals surface area contributed by atoms with E-state index in [2.05, 4.69) is 11.6 Å². The van der Waals surface area contributed by atoms with Gasteiger partial charge in [-0.3, -0.25) is 9.88 Å². The Bertz CT molecular complexity index is 349. The van der Waals surface area contributed by atoms with Crippen molar-refractivity contribution in [3.63, 3.8) is 0 Å². The van der Waals surface area contributed by atoms with Gasteiger partial charge in [0.25, 0.3) is 0 Å². The smallest absolute Gasteiger partial charge is 0.332 e. The van der Waals surface area contributed by atoms with Crippen LogP contribution in [0.2, 0.25) is 0 Å². The van der Waals surface area contributed by atoms with Crippen molar-refractivity contribution in [2.24, 2.45) is 0 Å². The number of hydrogen-bond donors (Lipinski definition) is 1. The molecular formula is C11H14N2O2. The van der Waals surface area contributed by atoms with Crippen molar-refractivity contribution < 1.29 is 9.90 Å². The van der Waals surface area contributed by atoms with E-state index < -0.39 is 5.97 Å². The van der Waals surface area contributed by atoms with E-state index in [1.54, 1.807) is 12.4 Å². The van der Waals surface area contributed by atoms with Crippen molar-refractivity contribution in [2.75, 3.05) is 13.6 Å². The molecule has 0 unspecified atom stereocenters. The average Bonchev–Trinajstić information content (AvgIpc) is 2.18. The number of carboxylic acids is 1. The van der Waals surface area contributed by atoms with Crippen LogP contribution in [-0.4, -0.2) is 34.6 Å². The maximum atomic E-state index is 10.6. The molecule has 1 N–H and O–H groups in total. The first-order chi connectivity index (χ1) is 7.09. The van der Waals surface area contributed by atoms with Crippen LogP contribution in [0.5, 0.6) is 0 Å². The molecule has 0 fully saturated rings. The van der Waals surface area contributed by atoms with E-state index in [-0.39, 0.29) is 5.57 Å². The Balaban J connectivity index is 2.46. The highest BCUT2D eigenvalue weighted by Gasteiger charge is 2.07. The van der Waals surface area contributed by atoms with Gasteiger partial charge in [-0.1, -0.05) is 6.58 Å². The summed E-state index contributed by atoms with van der Waals surface area (Å²) >= 11 is 0. The number of rotatable bonds is 5. The van der Waals surface area contributed by atoms with Gasteiger partial charge in [0, 0.05) is 31.1 Å². The minimum atomic E-state index is -0.948. The molecule has 1 heterocycles. The third-order valence-corrected chi connectivity index (χ3v) is 1.97. The van der Waals surface area contributed by atoms with Crippen LogP contribution in [0.15, 0.2) is 36.7 Å². The number of aromatic nitrogens is 1. The van der Waals surface area contributed by atoms with Gasteiger partial charge in [-0.25, -0.2) is 4.79 Å². The second-order valence-corrected chi connectivity index (χ2v) is 3.44. The number of carbonyl (C=O) groups is 1. The van der Waals surface area contributed by atoms with Gasteiger partial charge in [-0.15, -0.1) is 0 Å². The summed E-state index contributed by atoms with van der Waals surface area (Å²) in [6, 6.07) is 3.81. The van der Waals surface area contributed by atoms with Gasteiger partial charge in [-0.2, -0.15) is 0 Å². The van der Waals surface area contributed by atoms with Gasteiger partial charge in [0.2, 0.25) is 0 Å². The standard InChI is InChI=1S/C11H14N2O2/c1-9(11(14)15)7-13(2)8-10-3-5-12-6-4-10/h3-6H,1,7-8H2,2H3,(H,14,15). The number of likely N-dealkylation sites (N-methyl/N-ethyl adjacent to an activating group) is 1. The normalized spacial score (nSPS) is 10.3. The lowest BCUT2D eigenvalue weighted by molar-refractivity contribution is -0.132. The molecule has 80 valence electrons. The lowest BCUT2D eigenvalue weighted by Gasteiger charge is -2.16. The van der Waals surface area contributed by atoms with Gasteiger partial charge in [0.05, 0.1) is 0 Å². The Morgan fingerprint density at radius 1 is 1.53 bits per heavy atom. The molecule has 1 rings (SSSR count). The van der Waals surface area contributed by atoms with E-state index >= 15 is 0 Å². The maximum absolute atomic E-state index is 10.6. The van der Waals surface area contributed by atoms with Crippen LogP contribution >= 0.6 is 0 Å². The first kappa shape index (κ1) is 11.4. The van der Waals surface area contributed by atoms with Crippen molar-refractivity contribution in [1.82, 2.24) is 9.88 Å². The number of nitrogens with zero attached hydrogens (tertiary/aromatic N) is 2. The molecule has 4 nitrogen and oxygen atoms in total. The first-order valence-corrected chi connectivity index (χ1v) is 4.58. The van der Waals surface area contributed by atoms with E-state index in [1.165, 1.54) is 0 Å². The zero-order chi connectivity index (χ0) is 11.3. The monoisotopic (exact) mass is 206 g/mol. The van der Waals surface area contributed by atoms with Gasteiger partial charge < -0.3 is 5.11 Å². The third kappa shape index (κ3) is 3.91. The fourth-order valence-corrected chi connectivity index (χ4v) is 1.25. The molecule has 1 aromatic heterocycles. The van der Waals surface area contributed by atoms with E-state index in [0.29, 0.717) is 13.1 Å². The van der Waals surface area contributed by atoms with Crippen LogP contribution in [0.4, 0.5) is 0 Å². The van der Waals surface area contributed by atoms with Crippen LogP contribution in [-0.2, 0) is 11.3 Å². The van der Waals surface area contributed by atoms with E-state index in [9.17, 15) is 4.79 Å². The SMILES string of the molecule is C=C(CN(C)Cc1ccncc1)C(=O)O. The Morgan fingerprint density at radius 3 is 2.67 bits per heavy atom. The molecule has 0 aliphatic carbocycles. The summed E-state index contributed by atoms with van der Waals surface area (Å²) in [7, 11) is 1.86. The highest BCUT2D eigenvalue weighted by Crippen LogP contribution is 2.03. The Morgan fingerprint density at radius 2 is 2.13 bits per heavy atom. The molecular weight excluding hydrogens is 192 g/mol. The lowest BCUT2D eigenvalue weighted by atomic mass is 10.2. The molecule has 0 amide bonds. The third-order valence-electron chi connectivity index (χ3n) is 1.97. The Labute approximate surface area is 88.9 Å². The zero-order valence-electron chi connectivity index (χ0n) is 8.68. The molecule has 0 saturated heterocycles. The second-order valence-electron chi connectivity index (χ2n) is 3.44. The van der Waals surface area contributed by atoms with Crippen LogP contribution in [0.1, 0.15) is 5.56 Å². The van der Waals surface area contributed by atoms with Gasteiger partial charge in [-0.05, 0) is 24.7 Å². The van der Waals surface area contributed by atoms with Crippen LogP contribution in [0, 0.1) is 0 Å². The number of carboxylic acid groups (broad SMARTS) is 1. The van der Waals surface area contributed by atoms with Crippen LogP contribution < -0.4 is 0 Å². The van der Waals surface area contributed by atoms with Crippen LogP contribution in [0.3, 0.4) is 0 Å². The predicted molar refractivity (Wildman–Crippen MR) is 57.3 cm³/mol. The van der Waals surface area contributed by atoms with Crippen LogP contribution in [0.25, 0.3) is 0 Å². The Kier molecular flexibility index (Phi) is 4.00. The fraction of sp³-hybridized carbons (Fsp3) is 0.273. The topological polar surface area (TPSA) is 53.4 Å². The first-order valence-electron chi connectivity index (χ1n) is 4.58. The molecule has 1 aromatic rings. The fourth-order valence-electron chi connectivity index (χ4n) is 1.25. The van der Waals surface area contributed by atoms with E-state index in [0.717, 1.165) is 5.56 Å². The molecule has 0 atom stereocenters. The quantitative estimate of drug-likeness (QED) is 0.734. The summed E-state index contributed by atoms with van der Waals surface area (Å²) in [4.78, 5) is 16.4. The summed E-state index contributed by atoms with van der Waals surface area (Å²) in [5.74, 6) is -0.948. The molecule has 0 bridgehead atoms. The molecule has 15 heavy (non-hydrogen) atoms. The summed E-state index contributed by atoms with van der Waals surface area (Å²) in [6.07, 6.45) is 3.43. The van der Waals surface area contributed by atoms with Crippen molar-refractivity contribution in [1.29, 1.82) is 0 Å². The predicted octanol–water partition coefficient (Wildman–Crippen LogP) is 1.15. The number of pyridine rings is 1. The number of hydrogen-bond acceptors (Lipinski definition) is 3. The molecule has 0 aliphatic heterocycles. The van der Waals surface area contributed by atoms with Crippen molar-refractivity contribution in [3.05, 3.63) is 42.2 Å². The van der Waals surface area contributed by atoms with E-state index in [1.807, 2.05) is 24.1 Å². The number of aliphatic carboxylic acids is 1.